The molecule has 1 unspecified atom stereocenters. The zero-order chi connectivity index (χ0) is 12.0. The van der Waals surface area contributed by atoms with Gasteiger partial charge in [-0.2, -0.15) is 0 Å². The van der Waals surface area contributed by atoms with E-state index in [1.807, 2.05) is 6.92 Å². The molecule has 0 fully saturated rings. The van der Waals surface area contributed by atoms with Gasteiger partial charge in [-0.05, 0) is 19.4 Å². The highest BCUT2D eigenvalue weighted by molar-refractivity contribution is 5.88. The van der Waals surface area contributed by atoms with Gasteiger partial charge in [0.15, 0.2) is 0 Å². The fourth-order valence-electron chi connectivity index (χ4n) is 1.36. The Balaban J connectivity index is 2.61. The van der Waals surface area contributed by atoms with Crippen LogP contribution in [0.25, 0.3) is 0 Å². The van der Waals surface area contributed by atoms with E-state index in [2.05, 4.69) is 16.6 Å². The topological polar surface area (TPSA) is 48.4 Å². The van der Waals surface area contributed by atoms with Crippen LogP contribution in [0.1, 0.15) is 37.0 Å². The Morgan fingerprint density at radius 2 is 2.25 bits per heavy atom. The monoisotopic (exact) mass is 223 g/mol. The second-order valence-corrected chi connectivity index (χ2v) is 3.59. The lowest BCUT2D eigenvalue weighted by Gasteiger charge is -2.12. The maximum atomic E-state index is 11.1. The van der Waals surface area contributed by atoms with Crippen LogP contribution >= 0.6 is 0 Å². The zero-order valence-corrected chi connectivity index (χ0v) is 9.90. The molecule has 1 rings (SSSR count). The van der Waals surface area contributed by atoms with Crippen LogP contribution in [0.5, 0.6) is 5.88 Å². The molecule has 16 heavy (non-hydrogen) atoms. The molecule has 88 valence electrons. The molecule has 0 amide bonds. The molecule has 4 heteroatoms. The van der Waals surface area contributed by atoms with Gasteiger partial charge in [-0.25, -0.2) is 9.78 Å². The van der Waals surface area contributed by atoms with Gasteiger partial charge in [0.25, 0.3) is 0 Å². The molecular weight excluding hydrogens is 206 g/mol. The molecule has 0 aliphatic rings. The van der Waals surface area contributed by atoms with Gasteiger partial charge in [-0.3, -0.25) is 0 Å². The summed E-state index contributed by atoms with van der Waals surface area (Å²) in [5.41, 5.74) is 0.429. The van der Waals surface area contributed by atoms with Gasteiger partial charge < -0.3 is 9.47 Å². The summed E-state index contributed by atoms with van der Waals surface area (Å²) in [4.78, 5) is 15.2. The number of pyridine rings is 1. The number of carbonyl (C=O) groups excluding carboxylic acids is 1. The first-order chi connectivity index (χ1) is 7.67. The molecule has 0 bridgehead atoms. The highest BCUT2D eigenvalue weighted by Crippen LogP contribution is 2.12. The van der Waals surface area contributed by atoms with E-state index in [4.69, 9.17) is 4.74 Å². The van der Waals surface area contributed by atoms with E-state index >= 15 is 0 Å². The second kappa shape index (κ2) is 6.10. The summed E-state index contributed by atoms with van der Waals surface area (Å²) < 4.78 is 10.1. The van der Waals surface area contributed by atoms with Crippen LogP contribution < -0.4 is 4.74 Å². The number of methoxy groups -OCH3 is 1. The first kappa shape index (κ1) is 12.5. The highest BCUT2D eigenvalue weighted by Gasteiger charge is 2.07. The molecule has 0 N–H and O–H groups in total. The Bertz CT molecular complexity index is 335. The van der Waals surface area contributed by atoms with Crippen molar-refractivity contribution in [3.63, 3.8) is 0 Å². The van der Waals surface area contributed by atoms with Crippen LogP contribution in [0.4, 0.5) is 0 Å². The van der Waals surface area contributed by atoms with Crippen molar-refractivity contribution in [1.29, 1.82) is 0 Å². The van der Waals surface area contributed by atoms with Crippen LogP contribution in [0, 0.1) is 0 Å². The molecule has 0 saturated carbocycles. The summed E-state index contributed by atoms with van der Waals surface area (Å²) in [6, 6.07) is 3.32. The third-order valence-corrected chi connectivity index (χ3v) is 2.17. The molecule has 0 aliphatic carbocycles. The number of nitrogens with zero attached hydrogens (tertiary/aromatic N) is 1. The third kappa shape index (κ3) is 3.53. The average molecular weight is 223 g/mol. The van der Waals surface area contributed by atoms with E-state index in [9.17, 15) is 4.79 Å². The summed E-state index contributed by atoms with van der Waals surface area (Å²) >= 11 is 0. The van der Waals surface area contributed by atoms with Crippen molar-refractivity contribution in [2.75, 3.05) is 7.11 Å². The number of rotatable bonds is 5. The van der Waals surface area contributed by atoms with E-state index in [0.717, 1.165) is 12.8 Å². The maximum Gasteiger partial charge on any atom is 0.339 e. The molecule has 4 nitrogen and oxygen atoms in total. The normalized spacial score (nSPS) is 11.9. The first-order valence-corrected chi connectivity index (χ1v) is 5.38. The molecule has 0 saturated heterocycles. The number of hydrogen-bond acceptors (Lipinski definition) is 4. The molecule has 0 aliphatic heterocycles. The SMILES string of the molecule is CCCC(C)Oc1ccc(C(=O)OC)cn1. The van der Waals surface area contributed by atoms with Crippen LogP contribution in [-0.4, -0.2) is 24.2 Å². The largest absolute Gasteiger partial charge is 0.475 e. The molecule has 0 aromatic carbocycles. The number of aromatic nitrogens is 1. The van der Waals surface area contributed by atoms with E-state index in [1.54, 1.807) is 12.1 Å². The first-order valence-electron chi connectivity index (χ1n) is 5.38. The van der Waals surface area contributed by atoms with E-state index in [0.29, 0.717) is 11.4 Å². The van der Waals surface area contributed by atoms with Crippen molar-refractivity contribution < 1.29 is 14.3 Å². The predicted octanol–water partition coefficient (Wildman–Crippen LogP) is 2.44. The lowest BCUT2D eigenvalue weighted by molar-refractivity contribution is 0.0600. The van der Waals surface area contributed by atoms with Gasteiger partial charge in [0, 0.05) is 12.3 Å². The second-order valence-electron chi connectivity index (χ2n) is 3.59. The minimum Gasteiger partial charge on any atom is -0.475 e. The van der Waals surface area contributed by atoms with Crippen molar-refractivity contribution in [2.24, 2.45) is 0 Å². The lowest BCUT2D eigenvalue weighted by Crippen LogP contribution is -2.12. The van der Waals surface area contributed by atoms with Crippen LogP contribution in [0.15, 0.2) is 18.3 Å². The molecule has 1 aromatic heterocycles. The lowest BCUT2D eigenvalue weighted by atomic mass is 10.2. The van der Waals surface area contributed by atoms with Crippen LogP contribution in [-0.2, 0) is 4.74 Å². The van der Waals surface area contributed by atoms with Gasteiger partial charge in [0.05, 0.1) is 18.8 Å². The molecule has 0 radical (unpaired) electrons. The quantitative estimate of drug-likeness (QED) is 0.719. The summed E-state index contributed by atoms with van der Waals surface area (Å²) in [6.07, 6.45) is 3.66. The minimum atomic E-state index is -0.388. The van der Waals surface area contributed by atoms with Gasteiger partial charge >= 0.3 is 5.97 Å². The predicted molar refractivity (Wildman–Crippen MR) is 60.6 cm³/mol. The third-order valence-electron chi connectivity index (χ3n) is 2.17. The Hall–Kier alpha value is -1.58. The summed E-state index contributed by atoms with van der Waals surface area (Å²) in [6.45, 7) is 4.10. The minimum absolute atomic E-state index is 0.140. The van der Waals surface area contributed by atoms with Crippen LogP contribution in [0.3, 0.4) is 0 Å². The Labute approximate surface area is 95.6 Å². The average Bonchev–Trinajstić information content (AvgIpc) is 2.29. The van der Waals surface area contributed by atoms with Gasteiger partial charge in [0.2, 0.25) is 5.88 Å². The van der Waals surface area contributed by atoms with Crippen molar-refractivity contribution in [2.45, 2.75) is 32.8 Å². The highest BCUT2D eigenvalue weighted by atomic mass is 16.5. The number of esters is 1. The van der Waals surface area contributed by atoms with Gasteiger partial charge in [-0.15, -0.1) is 0 Å². The summed E-state index contributed by atoms with van der Waals surface area (Å²) in [5.74, 6) is 0.147. The smallest absolute Gasteiger partial charge is 0.339 e. The molecule has 1 atom stereocenters. The Morgan fingerprint density at radius 3 is 2.75 bits per heavy atom. The van der Waals surface area contributed by atoms with Crippen LogP contribution in [0.2, 0.25) is 0 Å². The number of carbonyl (C=O) groups is 1. The molecule has 0 spiro atoms. The fourth-order valence-corrected chi connectivity index (χ4v) is 1.36. The maximum absolute atomic E-state index is 11.1. The Morgan fingerprint density at radius 1 is 1.50 bits per heavy atom. The van der Waals surface area contributed by atoms with Crippen molar-refractivity contribution in [3.05, 3.63) is 23.9 Å². The molecule has 1 aromatic rings. The number of ether oxygens (including phenoxy) is 2. The fraction of sp³-hybridized carbons (Fsp3) is 0.500. The molecular formula is C12H17NO3. The van der Waals surface area contributed by atoms with Gasteiger partial charge in [0.1, 0.15) is 0 Å². The van der Waals surface area contributed by atoms with Crippen molar-refractivity contribution in [3.8, 4) is 5.88 Å². The van der Waals surface area contributed by atoms with E-state index in [-0.39, 0.29) is 12.1 Å². The molecule has 1 heterocycles. The van der Waals surface area contributed by atoms with Crippen molar-refractivity contribution in [1.82, 2.24) is 4.98 Å². The summed E-state index contributed by atoms with van der Waals surface area (Å²) in [7, 11) is 1.34. The Kier molecular flexibility index (Phi) is 4.76. The van der Waals surface area contributed by atoms with Gasteiger partial charge in [-0.1, -0.05) is 13.3 Å². The van der Waals surface area contributed by atoms with E-state index in [1.165, 1.54) is 13.3 Å². The standard InChI is InChI=1S/C12H17NO3/c1-4-5-9(2)16-11-7-6-10(8-13-11)12(14)15-3/h6-9H,4-5H2,1-3H3. The van der Waals surface area contributed by atoms with Crippen molar-refractivity contribution >= 4 is 5.97 Å². The summed E-state index contributed by atoms with van der Waals surface area (Å²) in [5, 5.41) is 0. The zero-order valence-electron chi connectivity index (χ0n) is 9.90. The van der Waals surface area contributed by atoms with E-state index < -0.39 is 0 Å². The number of hydrogen-bond donors (Lipinski definition) is 0.